The Bertz CT molecular complexity index is 350. The first-order valence-corrected chi connectivity index (χ1v) is 4.81. The summed E-state index contributed by atoms with van der Waals surface area (Å²) in [5, 5.41) is 13.7. The van der Waals surface area contributed by atoms with E-state index in [1.54, 1.807) is 19.2 Å². The first-order valence-electron chi connectivity index (χ1n) is 4.43. The van der Waals surface area contributed by atoms with E-state index in [1.807, 2.05) is 6.07 Å². The van der Waals surface area contributed by atoms with Crippen LogP contribution in [0.4, 0.5) is 0 Å². The molecule has 0 atom stereocenters. The van der Waals surface area contributed by atoms with Crippen molar-refractivity contribution in [1.29, 1.82) is 0 Å². The molecule has 3 nitrogen and oxygen atoms in total. The van der Waals surface area contributed by atoms with Crippen LogP contribution in [0.15, 0.2) is 18.2 Å². The lowest BCUT2D eigenvalue weighted by Crippen LogP contribution is -2.56. The van der Waals surface area contributed by atoms with Gasteiger partial charge >= 0.3 is 0 Å². The highest BCUT2D eigenvalue weighted by atomic mass is 35.5. The predicted molar refractivity (Wildman–Crippen MR) is 54.8 cm³/mol. The van der Waals surface area contributed by atoms with Gasteiger partial charge in [-0.1, -0.05) is 17.7 Å². The zero-order valence-corrected chi connectivity index (χ0v) is 8.64. The van der Waals surface area contributed by atoms with Crippen LogP contribution in [-0.4, -0.2) is 25.3 Å². The van der Waals surface area contributed by atoms with Gasteiger partial charge in [-0.2, -0.15) is 0 Å². The standard InChI is InChI=1S/C10H12ClNO2/c1-14-9-4-7(11)2-3-8(9)10(13)5-12-6-10/h2-4,12-13H,5-6H2,1H3. The van der Waals surface area contributed by atoms with Crippen LogP contribution < -0.4 is 10.1 Å². The Morgan fingerprint density at radius 3 is 2.71 bits per heavy atom. The normalized spacial score (nSPS) is 18.8. The number of β-amino-alcohol motifs (C(OH)–C–C–N with tert-alkyl or cyclic N) is 1. The Morgan fingerprint density at radius 1 is 1.50 bits per heavy atom. The summed E-state index contributed by atoms with van der Waals surface area (Å²) in [5.41, 5.74) is -0.00112. The second-order valence-electron chi connectivity index (χ2n) is 3.48. The number of hydrogen-bond donors (Lipinski definition) is 2. The Balaban J connectivity index is 2.41. The molecule has 2 N–H and O–H groups in total. The zero-order valence-electron chi connectivity index (χ0n) is 7.88. The van der Waals surface area contributed by atoms with Crippen LogP contribution in [0.2, 0.25) is 5.02 Å². The summed E-state index contributed by atoms with van der Waals surface area (Å²) >= 11 is 5.83. The second kappa shape index (κ2) is 3.42. The molecule has 2 rings (SSSR count). The molecule has 1 saturated heterocycles. The number of halogens is 1. The third kappa shape index (κ3) is 1.47. The number of rotatable bonds is 2. The van der Waals surface area contributed by atoms with Gasteiger partial charge in [-0.25, -0.2) is 0 Å². The van der Waals surface area contributed by atoms with Crippen LogP contribution in [0.1, 0.15) is 5.56 Å². The van der Waals surface area contributed by atoms with Crippen LogP contribution in [0.25, 0.3) is 0 Å². The minimum absolute atomic E-state index is 0.561. The first-order chi connectivity index (χ1) is 6.65. The summed E-state index contributed by atoms with van der Waals surface area (Å²) in [7, 11) is 1.57. The van der Waals surface area contributed by atoms with E-state index in [4.69, 9.17) is 16.3 Å². The lowest BCUT2D eigenvalue weighted by molar-refractivity contribution is -0.0164. The SMILES string of the molecule is COc1cc(Cl)ccc1C1(O)CNC1. The van der Waals surface area contributed by atoms with E-state index in [-0.39, 0.29) is 0 Å². The monoisotopic (exact) mass is 213 g/mol. The van der Waals surface area contributed by atoms with E-state index in [2.05, 4.69) is 5.32 Å². The third-order valence-corrected chi connectivity index (χ3v) is 2.73. The summed E-state index contributed by atoms with van der Waals surface area (Å²) in [6.45, 7) is 1.12. The fraction of sp³-hybridized carbons (Fsp3) is 0.400. The van der Waals surface area contributed by atoms with Crippen molar-refractivity contribution in [3.63, 3.8) is 0 Å². The number of aliphatic hydroxyl groups is 1. The molecule has 1 heterocycles. The molecule has 0 aliphatic carbocycles. The van der Waals surface area contributed by atoms with E-state index >= 15 is 0 Å². The van der Waals surface area contributed by atoms with Crippen LogP contribution in [0, 0.1) is 0 Å². The van der Waals surface area contributed by atoms with E-state index < -0.39 is 5.60 Å². The fourth-order valence-corrected chi connectivity index (χ4v) is 1.76. The van der Waals surface area contributed by atoms with Gasteiger partial charge in [0.05, 0.1) is 7.11 Å². The topological polar surface area (TPSA) is 41.5 Å². The Morgan fingerprint density at radius 2 is 2.21 bits per heavy atom. The van der Waals surface area contributed by atoms with Gasteiger partial charge in [0.15, 0.2) is 0 Å². The highest BCUT2D eigenvalue weighted by molar-refractivity contribution is 6.30. The smallest absolute Gasteiger partial charge is 0.126 e. The Hall–Kier alpha value is -0.770. The molecule has 1 aliphatic rings. The molecule has 0 bridgehead atoms. The van der Waals surface area contributed by atoms with Crippen LogP contribution >= 0.6 is 11.6 Å². The minimum Gasteiger partial charge on any atom is -0.496 e. The third-order valence-electron chi connectivity index (χ3n) is 2.50. The molecular weight excluding hydrogens is 202 g/mol. The second-order valence-corrected chi connectivity index (χ2v) is 3.92. The van der Waals surface area contributed by atoms with Crippen molar-refractivity contribution in [2.24, 2.45) is 0 Å². The average molecular weight is 214 g/mol. The van der Waals surface area contributed by atoms with E-state index in [0.717, 1.165) is 5.56 Å². The van der Waals surface area contributed by atoms with Gasteiger partial charge < -0.3 is 15.2 Å². The summed E-state index contributed by atoms with van der Waals surface area (Å²) in [4.78, 5) is 0. The fourth-order valence-electron chi connectivity index (χ4n) is 1.60. The van der Waals surface area contributed by atoms with Gasteiger partial charge in [-0.05, 0) is 12.1 Å². The number of nitrogens with one attached hydrogen (secondary N) is 1. The predicted octanol–water partition coefficient (Wildman–Crippen LogP) is 1.14. The van der Waals surface area contributed by atoms with Crippen molar-refractivity contribution in [3.8, 4) is 5.75 Å². The molecule has 0 saturated carbocycles. The quantitative estimate of drug-likeness (QED) is 0.774. The molecule has 1 aromatic carbocycles. The molecule has 1 aromatic rings. The van der Waals surface area contributed by atoms with Crippen LogP contribution in [0.5, 0.6) is 5.75 Å². The Labute approximate surface area is 87.6 Å². The first kappa shape index (κ1) is 9.77. The maximum absolute atomic E-state index is 10.1. The zero-order chi connectivity index (χ0) is 10.2. The molecular formula is C10H12ClNO2. The van der Waals surface area contributed by atoms with Crippen molar-refractivity contribution >= 4 is 11.6 Å². The molecule has 0 aromatic heterocycles. The maximum atomic E-state index is 10.1. The van der Waals surface area contributed by atoms with Gasteiger partial charge in [0.2, 0.25) is 0 Å². The van der Waals surface area contributed by atoms with Crippen LogP contribution in [0.3, 0.4) is 0 Å². The summed E-state index contributed by atoms with van der Waals surface area (Å²) < 4.78 is 5.18. The molecule has 4 heteroatoms. The number of ether oxygens (including phenoxy) is 1. The molecule has 1 fully saturated rings. The lowest BCUT2D eigenvalue weighted by atomic mass is 9.87. The van der Waals surface area contributed by atoms with Gasteiger partial charge in [0.1, 0.15) is 11.4 Å². The summed E-state index contributed by atoms with van der Waals surface area (Å²) in [5.74, 6) is 0.640. The van der Waals surface area contributed by atoms with Gasteiger partial charge in [-0.15, -0.1) is 0 Å². The molecule has 1 aliphatic heterocycles. The molecule has 14 heavy (non-hydrogen) atoms. The highest BCUT2D eigenvalue weighted by Crippen LogP contribution is 2.34. The molecule has 0 unspecified atom stereocenters. The number of methoxy groups -OCH3 is 1. The summed E-state index contributed by atoms with van der Waals surface area (Å²) in [6.07, 6.45) is 0. The van der Waals surface area contributed by atoms with Crippen molar-refractivity contribution in [2.45, 2.75) is 5.60 Å². The number of hydrogen-bond acceptors (Lipinski definition) is 3. The summed E-state index contributed by atoms with van der Waals surface area (Å²) in [6, 6.07) is 5.28. The van der Waals surface area contributed by atoms with E-state index in [9.17, 15) is 5.11 Å². The maximum Gasteiger partial charge on any atom is 0.126 e. The van der Waals surface area contributed by atoms with Crippen molar-refractivity contribution in [2.75, 3.05) is 20.2 Å². The highest BCUT2D eigenvalue weighted by Gasteiger charge is 2.38. The van der Waals surface area contributed by atoms with E-state index in [1.165, 1.54) is 0 Å². The largest absolute Gasteiger partial charge is 0.496 e. The van der Waals surface area contributed by atoms with Crippen LogP contribution in [-0.2, 0) is 5.60 Å². The van der Waals surface area contributed by atoms with Gasteiger partial charge in [0, 0.05) is 23.7 Å². The average Bonchev–Trinajstić information content (AvgIpc) is 2.14. The van der Waals surface area contributed by atoms with Gasteiger partial charge in [0.25, 0.3) is 0 Å². The minimum atomic E-state index is -0.796. The number of benzene rings is 1. The van der Waals surface area contributed by atoms with E-state index in [0.29, 0.717) is 23.9 Å². The Kier molecular flexibility index (Phi) is 2.39. The van der Waals surface area contributed by atoms with Crippen molar-refractivity contribution < 1.29 is 9.84 Å². The van der Waals surface area contributed by atoms with Gasteiger partial charge in [-0.3, -0.25) is 0 Å². The molecule has 0 amide bonds. The van der Waals surface area contributed by atoms with Crippen molar-refractivity contribution in [1.82, 2.24) is 5.32 Å². The van der Waals surface area contributed by atoms with Crippen molar-refractivity contribution in [3.05, 3.63) is 28.8 Å². The molecule has 76 valence electrons. The lowest BCUT2D eigenvalue weighted by Gasteiger charge is -2.38. The molecule has 0 radical (unpaired) electrons. The molecule has 0 spiro atoms.